The van der Waals surface area contributed by atoms with Crippen LogP contribution < -0.4 is 14.8 Å². The molecule has 2 aliphatic rings. The maximum Gasteiger partial charge on any atom is 0.321 e. The smallest absolute Gasteiger partial charge is 0.321 e. The molecule has 1 N–H and O–H groups in total. The number of likely N-dealkylation sites (tertiary alicyclic amines) is 1. The molecular weight excluding hydrogens is 401 g/mol. The molecule has 1 atom stereocenters. The fraction of sp³-hybridized carbons (Fsp3) is 0.391. The van der Waals surface area contributed by atoms with Gasteiger partial charge in [-0.3, -0.25) is 4.79 Å². The molecule has 0 radical (unpaired) electrons. The van der Waals surface area contributed by atoms with Gasteiger partial charge in [0.05, 0.1) is 11.6 Å². The highest BCUT2D eigenvalue weighted by Crippen LogP contribution is 2.33. The van der Waals surface area contributed by atoms with Crippen LogP contribution in [0.15, 0.2) is 42.5 Å². The van der Waals surface area contributed by atoms with E-state index in [0.717, 1.165) is 18.4 Å². The van der Waals surface area contributed by atoms with Crippen molar-refractivity contribution < 1.29 is 23.5 Å². The predicted octanol–water partition coefficient (Wildman–Crippen LogP) is 3.85. The van der Waals surface area contributed by atoms with Gasteiger partial charge >= 0.3 is 6.03 Å². The first-order valence-electron chi connectivity index (χ1n) is 10.5. The van der Waals surface area contributed by atoms with Crippen LogP contribution in [0.5, 0.6) is 11.5 Å². The molecule has 1 unspecified atom stereocenters. The Labute approximate surface area is 180 Å². The standard InChI is InChI=1S/C23H26FN3O4/c1-2-26(13-16-9-10-20-21(12-16)31-15-30-20)22(28)17-6-5-11-27(14-17)23(29)25-19-8-4-3-7-18(19)24/h3-4,7-10,12,17H,2,5-6,11,13-15H2,1H3,(H,25,29). The first-order valence-corrected chi connectivity index (χ1v) is 10.5. The molecular formula is C23H26FN3O4. The molecule has 7 nitrogen and oxygen atoms in total. The normalized spacial score (nSPS) is 17.4. The third-order valence-electron chi connectivity index (χ3n) is 5.68. The van der Waals surface area contributed by atoms with Gasteiger partial charge in [-0.15, -0.1) is 0 Å². The summed E-state index contributed by atoms with van der Waals surface area (Å²) < 4.78 is 24.6. The van der Waals surface area contributed by atoms with Crippen molar-refractivity contribution in [3.05, 3.63) is 53.8 Å². The summed E-state index contributed by atoms with van der Waals surface area (Å²) in [4.78, 5) is 29.2. The Bertz CT molecular complexity index is 968. The number of halogens is 1. The van der Waals surface area contributed by atoms with Crippen LogP contribution in [-0.4, -0.2) is 48.2 Å². The molecule has 31 heavy (non-hydrogen) atoms. The fourth-order valence-electron chi connectivity index (χ4n) is 3.98. The molecule has 2 aliphatic heterocycles. The van der Waals surface area contributed by atoms with Gasteiger partial charge in [0.2, 0.25) is 12.7 Å². The van der Waals surface area contributed by atoms with Gasteiger partial charge in [-0.05, 0) is 49.6 Å². The number of fused-ring (bicyclic) bond motifs is 1. The van der Waals surface area contributed by atoms with Gasteiger partial charge in [-0.1, -0.05) is 18.2 Å². The van der Waals surface area contributed by atoms with E-state index in [4.69, 9.17) is 9.47 Å². The first-order chi connectivity index (χ1) is 15.0. The summed E-state index contributed by atoms with van der Waals surface area (Å²) in [6, 6.07) is 11.3. The lowest BCUT2D eigenvalue weighted by Gasteiger charge is -2.34. The van der Waals surface area contributed by atoms with Crippen molar-refractivity contribution in [1.82, 2.24) is 9.80 Å². The summed E-state index contributed by atoms with van der Waals surface area (Å²) in [6.45, 7) is 4.03. The minimum atomic E-state index is -0.485. The van der Waals surface area contributed by atoms with Crippen molar-refractivity contribution in [3.8, 4) is 11.5 Å². The summed E-state index contributed by atoms with van der Waals surface area (Å²) in [6.07, 6.45) is 1.45. The van der Waals surface area contributed by atoms with E-state index in [2.05, 4.69) is 5.32 Å². The van der Waals surface area contributed by atoms with Gasteiger partial charge in [0.1, 0.15) is 5.82 Å². The monoisotopic (exact) mass is 427 g/mol. The molecule has 2 aromatic rings. The Balaban J connectivity index is 1.38. The van der Waals surface area contributed by atoms with E-state index in [1.165, 1.54) is 12.1 Å². The van der Waals surface area contributed by atoms with Crippen molar-refractivity contribution >= 4 is 17.6 Å². The number of piperidine rings is 1. The van der Waals surface area contributed by atoms with Crippen LogP contribution >= 0.6 is 0 Å². The van der Waals surface area contributed by atoms with Gasteiger partial charge in [0.15, 0.2) is 11.5 Å². The molecule has 2 heterocycles. The minimum absolute atomic E-state index is 0.0172. The Hall–Kier alpha value is -3.29. The number of ether oxygens (including phenoxy) is 2. The van der Waals surface area contributed by atoms with E-state index >= 15 is 0 Å². The van der Waals surface area contributed by atoms with E-state index in [1.54, 1.807) is 21.9 Å². The first kappa shape index (κ1) is 21.0. The number of amides is 3. The minimum Gasteiger partial charge on any atom is -0.454 e. The average Bonchev–Trinajstić information content (AvgIpc) is 3.26. The van der Waals surface area contributed by atoms with Crippen molar-refractivity contribution in [2.45, 2.75) is 26.3 Å². The average molecular weight is 427 g/mol. The van der Waals surface area contributed by atoms with E-state index in [0.29, 0.717) is 37.7 Å². The largest absolute Gasteiger partial charge is 0.454 e. The van der Waals surface area contributed by atoms with Crippen molar-refractivity contribution in [2.24, 2.45) is 5.92 Å². The Morgan fingerprint density at radius 1 is 1.19 bits per heavy atom. The number of urea groups is 1. The zero-order chi connectivity index (χ0) is 21.8. The molecule has 2 aromatic carbocycles. The molecule has 4 rings (SSSR count). The molecule has 0 saturated carbocycles. The summed E-state index contributed by atoms with van der Waals surface area (Å²) in [5.74, 6) is 0.649. The van der Waals surface area contributed by atoms with Crippen LogP contribution in [0, 0.1) is 11.7 Å². The second-order valence-electron chi connectivity index (χ2n) is 7.74. The second kappa shape index (κ2) is 9.24. The quantitative estimate of drug-likeness (QED) is 0.787. The number of anilines is 1. The van der Waals surface area contributed by atoms with Crippen LogP contribution in [0.1, 0.15) is 25.3 Å². The molecule has 3 amide bonds. The molecule has 8 heteroatoms. The maximum atomic E-state index is 13.9. The summed E-state index contributed by atoms with van der Waals surface area (Å²) >= 11 is 0. The molecule has 0 aromatic heterocycles. The Morgan fingerprint density at radius 2 is 2.00 bits per heavy atom. The van der Waals surface area contributed by atoms with E-state index in [9.17, 15) is 14.0 Å². The number of nitrogens with zero attached hydrogens (tertiary/aromatic N) is 2. The zero-order valence-corrected chi connectivity index (χ0v) is 17.5. The van der Waals surface area contributed by atoms with Crippen LogP contribution in [0.3, 0.4) is 0 Å². The lowest BCUT2D eigenvalue weighted by molar-refractivity contribution is -0.137. The number of nitrogens with one attached hydrogen (secondary N) is 1. The highest BCUT2D eigenvalue weighted by atomic mass is 19.1. The summed E-state index contributed by atoms with van der Waals surface area (Å²) in [7, 11) is 0. The van der Waals surface area contributed by atoms with Crippen molar-refractivity contribution in [1.29, 1.82) is 0 Å². The number of hydrogen-bond donors (Lipinski definition) is 1. The van der Waals surface area contributed by atoms with Gasteiger partial charge in [0, 0.05) is 26.2 Å². The third kappa shape index (κ3) is 4.73. The Morgan fingerprint density at radius 3 is 2.81 bits per heavy atom. The van der Waals surface area contributed by atoms with Crippen LogP contribution in [-0.2, 0) is 11.3 Å². The molecule has 1 fully saturated rings. The van der Waals surface area contributed by atoms with E-state index in [1.807, 2.05) is 25.1 Å². The number of para-hydroxylation sites is 1. The molecule has 164 valence electrons. The molecule has 0 aliphatic carbocycles. The maximum absolute atomic E-state index is 13.9. The van der Waals surface area contributed by atoms with Crippen LogP contribution in [0.2, 0.25) is 0 Å². The zero-order valence-electron chi connectivity index (χ0n) is 17.5. The predicted molar refractivity (Wildman–Crippen MR) is 113 cm³/mol. The second-order valence-corrected chi connectivity index (χ2v) is 7.74. The van der Waals surface area contributed by atoms with E-state index in [-0.39, 0.29) is 30.3 Å². The molecule has 0 bridgehead atoms. The highest BCUT2D eigenvalue weighted by Gasteiger charge is 2.31. The molecule has 1 saturated heterocycles. The van der Waals surface area contributed by atoms with Gasteiger partial charge in [0.25, 0.3) is 0 Å². The van der Waals surface area contributed by atoms with Gasteiger partial charge in [-0.25, -0.2) is 9.18 Å². The topological polar surface area (TPSA) is 71.1 Å². The number of benzene rings is 2. The summed E-state index contributed by atoms with van der Waals surface area (Å²) in [5, 5.41) is 2.61. The SMILES string of the molecule is CCN(Cc1ccc2c(c1)OCO2)C(=O)C1CCCN(C(=O)Nc2ccccc2F)C1. The lowest BCUT2D eigenvalue weighted by Crippen LogP contribution is -2.47. The van der Waals surface area contributed by atoms with Crippen molar-refractivity contribution in [2.75, 3.05) is 31.7 Å². The van der Waals surface area contributed by atoms with Gasteiger partial charge in [-0.2, -0.15) is 0 Å². The number of rotatable bonds is 5. The fourth-order valence-corrected chi connectivity index (χ4v) is 3.98. The third-order valence-corrected chi connectivity index (χ3v) is 5.68. The number of carbonyl (C=O) groups excluding carboxylic acids is 2. The van der Waals surface area contributed by atoms with E-state index < -0.39 is 5.82 Å². The van der Waals surface area contributed by atoms with Gasteiger partial charge < -0.3 is 24.6 Å². The number of carbonyl (C=O) groups is 2. The highest BCUT2D eigenvalue weighted by molar-refractivity contribution is 5.90. The Kier molecular flexibility index (Phi) is 6.25. The van der Waals surface area contributed by atoms with Crippen molar-refractivity contribution in [3.63, 3.8) is 0 Å². The lowest BCUT2D eigenvalue weighted by atomic mass is 9.96. The van der Waals surface area contributed by atoms with Crippen LogP contribution in [0.4, 0.5) is 14.9 Å². The summed E-state index contributed by atoms with van der Waals surface area (Å²) in [5.41, 5.74) is 1.10. The molecule has 0 spiro atoms. The van der Waals surface area contributed by atoms with Crippen LogP contribution in [0.25, 0.3) is 0 Å². The number of hydrogen-bond acceptors (Lipinski definition) is 4.